The molecule has 1 aromatic rings. The van der Waals surface area contributed by atoms with Gasteiger partial charge < -0.3 is 14.6 Å². The van der Waals surface area contributed by atoms with E-state index in [2.05, 4.69) is 24.1 Å². The molecular weight excluding hydrogens is 318 g/mol. The molecule has 3 heterocycles. The Morgan fingerprint density at radius 2 is 2.16 bits per heavy atom. The summed E-state index contributed by atoms with van der Waals surface area (Å²) in [6.45, 7) is 10.6. The van der Waals surface area contributed by atoms with E-state index in [0.29, 0.717) is 29.6 Å². The van der Waals surface area contributed by atoms with Gasteiger partial charge in [-0.15, -0.1) is 0 Å². The smallest absolute Gasteiger partial charge is 0.255 e. The van der Waals surface area contributed by atoms with Gasteiger partial charge >= 0.3 is 0 Å². The number of nitrogens with zero attached hydrogens (tertiary/aromatic N) is 2. The fourth-order valence-electron chi connectivity index (χ4n) is 3.99. The van der Waals surface area contributed by atoms with Crippen LogP contribution in [0, 0.1) is 18.8 Å². The topological polar surface area (TPSA) is 65.8 Å². The highest BCUT2D eigenvalue weighted by Gasteiger charge is 2.36. The second-order valence-corrected chi connectivity index (χ2v) is 7.62. The summed E-state index contributed by atoms with van der Waals surface area (Å²) in [4.78, 5) is 28.6. The molecule has 2 saturated heterocycles. The molecule has 3 rings (SSSR count). The summed E-state index contributed by atoms with van der Waals surface area (Å²) in [6, 6.07) is 1.86. The molecule has 1 N–H and O–H groups in total. The van der Waals surface area contributed by atoms with Gasteiger partial charge in [0.15, 0.2) is 0 Å². The molecule has 1 aromatic heterocycles. The van der Waals surface area contributed by atoms with Gasteiger partial charge in [0.1, 0.15) is 5.76 Å². The molecule has 138 valence electrons. The van der Waals surface area contributed by atoms with Crippen LogP contribution in [-0.2, 0) is 4.79 Å². The maximum Gasteiger partial charge on any atom is 0.255 e. The molecular formula is C19H29N3O3. The lowest BCUT2D eigenvalue weighted by molar-refractivity contribution is -0.127. The first-order valence-corrected chi connectivity index (χ1v) is 9.30. The number of hydrogen-bond acceptors (Lipinski definition) is 4. The first kappa shape index (κ1) is 18.0. The van der Waals surface area contributed by atoms with Gasteiger partial charge in [0.2, 0.25) is 5.91 Å². The van der Waals surface area contributed by atoms with Crippen molar-refractivity contribution in [1.82, 2.24) is 15.1 Å². The molecule has 2 atom stereocenters. The van der Waals surface area contributed by atoms with Gasteiger partial charge in [-0.1, -0.05) is 13.8 Å². The normalized spacial score (nSPS) is 24.5. The minimum Gasteiger partial charge on any atom is -0.469 e. The Balaban J connectivity index is 1.57. The quantitative estimate of drug-likeness (QED) is 0.853. The average Bonchev–Trinajstić information content (AvgIpc) is 3.25. The molecule has 6 nitrogen and oxygen atoms in total. The number of aryl methyl sites for hydroxylation is 1. The van der Waals surface area contributed by atoms with Gasteiger partial charge in [0, 0.05) is 45.2 Å². The molecule has 2 aliphatic heterocycles. The van der Waals surface area contributed by atoms with Crippen LogP contribution in [0.4, 0.5) is 0 Å². The molecule has 0 radical (unpaired) electrons. The van der Waals surface area contributed by atoms with Crippen molar-refractivity contribution in [3.63, 3.8) is 0 Å². The van der Waals surface area contributed by atoms with Gasteiger partial charge in [-0.05, 0) is 31.2 Å². The SMILES string of the molecule is Cc1occc1C(=O)N[C@H]1CN(CCN2CCCC2=O)C[C@@H]1C(C)C. The van der Waals surface area contributed by atoms with E-state index in [9.17, 15) is 9.59 Å². The van der Waals surface area contributed by atoms with Crippen molar-refractivity contribution in [3.8, 4) is 0 Å². The fraction of sp³-hybridized carbons (Fsp3) is 0.684. The molecule has 2 amide bonds. The molecule has 0 bridgehead atoms. The summed E-state index contributed by atoms with van der Waals surface area (Å²) in [7, 11) is 0. The molecule has 0 saturated carbocycles. The molecule has 6 heteroatoms. The average molecular weight is 347 g/mol. The number of nitrogens with one attached hydrogen (secondary N) is 1. The van der Waals surface area contributed by atoms with Gasteiger partial charge in [0.25, 0.3) is 5.91 Å². The van der Waals surface area contributed by atoms with E-state index in [4.69, 9.17) is 4.42 Å². The van der Waals surface area contributed by atoms with E-state index in [1.54, 1.807) is 12.3 Å². The molecule has 25 heavy (non-hydrogen) atoms. The Hall–Kier alpha value is -1.82. The molecule has 0 aromatic carbocycles. The third-order valence-corrected chi connectivity index (χ3v) is 5.57. The maximum atomic E-state index is 12.5. The minimum atomic E-state index is -0.0570. The van der Waals surface area contributed by atoms with Crippen LogP contribution in [0.3, 0.4) is 0 Å². The lowest BCUT2D eigenvalue weighted by atomic mass is 9.91. The zero-order valence-electron chi connectivity index (χ0n) is 15.5. The summed E-state index contributed by atoms with van der Waals surface area (Å²) in [5, 5.41) is 3.20. The second kappa shape index (κ2) is 7.60. The van der Waals surface area contributed by atoms with Crippen molar-refractivity contribution < 1.29 is 14.0 Å². The van der Waals surface area contributed by atoms with Crippen molar-refractivity contribution in [2.24, 2.45) is 11.8 Å². The predicted octanol–water partition coefficient (Wildman–Crippen LogP) is 1.90. The van der Waals surface area contributed by atoms with Crippen LogP contribution in [0.15, 0.2) is 16.7 Å². The highest BCUT2D eigenvalue weighted by atomic mass is 16.3. The number of amides is 2. The van der Waals surface area contributed by atoms with Gasteiger partial charge in [0.05, 0.1) is 11.8 Å². The van der Waals surface area contributed by atoms with E-state index >= 15 is 0 Å². The van der Waals surface area contributed by atoms with E-state index in [-0.39, 0.29) is 17.9 Å². The van der Waals surface area contributed by atoms with E-state index in [1.807, 2.05) is 11.8 Å². The third kappa shape index (κ3) is 4.06. The number of hydrogen-bond donors (Lipinski definition) is 1. The largest absolute Gasteiger partial charge is 0.469 e. The van der Waals surface area contributed by atoms with E-state index in [0.717, 1.165) is 39.1 Å². The van der Waals surface area contributed by atoms with Crippen molar-refractivity contribution in [2.45, 2.75) is 39.7 Å². The molecule has 0 aliphatic carbocycles. The van der Waals surface area contributed by atoms with Gasteiger partial charge in [-0.25, -0.2) is 0 Å². The number of carbonyl (C=O) groups excluding carboxylic acids is 2. The molecule has 2 aliphatic rings. The van der Waals surface area contributed by atoms with Crippen molar-refractivity contribution in [1.29, 1.82) is 0 Å². The predicted molar refractivity (Wildman–Crippen MR) is 95.3 cm³/mol. The number of likely N-dealkylation sites (tertiary alicyclic amines) is 2. The van der Waals surface area contributed by atoms with E-state index < -0.39 is 0 Å². The zero-order chi connectivity index (χ0) is 18.0. The molecule has 2 fully saturated rings. The Morgan fingerprint density at radius 3 is 2.76 bits per heavy atom. The Labute approximate surface area is 149 Å². The lowest BCUT2D eigenvalue weighted by Crippen LogP contribution is -2.42. The van der Waals surface area contributed by atoms with Crippen molar-refractivity contribution >= 4 is 11.8 Å². The summed E-state index contributed by atoms with van der Waals surface area (Å²) in [6.07, 6.45) is 3.23. The summed E-state index contributed by atoms with van der Waals surface area (Å²) >= 11 is 0. The highest BCUT2D eigenvalue weighted by molar-refractivity contribution is 5.95. The molecule has 0 unspecified atom stereocenters. The Morgan fingerprint density at radius 1 is 1.36 bits per heavy atom. The first-order chi connectivity index (χ1) is 12.0. The number of rotatable bonds is 6. The highest BCUT2D eigenvalue weighted by Crippen LogP contribution is 2.25. The van der Waals surface area contributed by atoms with Crippen LogP contribution >= 0.6 is 0 Å². The summed E-state index contributed by atoms with van der Waals surface area (Å²) < 4.78 is 5.24. The zero-order valence-corrected chi connectivity index (χ0v) is 15.5. The van der Waals surface area contributed by atoms with E-state index in [1.165, 1.54) is 0 Å². The van der Waals surface area contributed by atoms with Crippen LogP contribution in [-0.4, -0.2) is 60.4 Å². The third-order valence-electron chi connectivity index (χ3n) is 5.57. The lowest BCUT2D eigenvalue weighted by Gasteiger charge is -2.22. The summed E-state index contributed by atoms with van der Waals surface area (Å²) in [5.41, 5.74) is 0.614. The number of furan rings is 1. The van der Waals surface area contributed by atoms with Crippen molar-refractivity contribution in [3.05, 3.63) is 23.7 Å². The van der Waals surface area contributed by atoms with Gasteiger partial charge in [-0.2, -0.15) is 0 Å². The van der Waals surface area contributed by atoms with Crippen LogP contribution in [0.5, 0.6) is 0 Å². The van der Waals surface area contributed by atoms with Crippen LogP contribution in [0.2, 0.25) is 0 Å². The van der Waals surface area contributed by atoms with Crippen LogP contribution in [0.25, 0.3) is 0 Å². The maximum absolute atomic E-state index is 12.5. The Kier molecular flexibility index (Phi) is 5.47. The van der Waals surface area contributed by atoms with Crippen molar-refractivity contribution in [2.75, 3.05) is 32.7 Å². The molecule has 0 spiro atoms. The second-order valence-electron chi connectivity index (χ2n) is 7.62. The number of carbonyl (C=O) groups is 2. The fourth-order valence-corrected chi connectivity index (χ4v) is 3.99. The Bertz CT molecular complexity index is 625. The summed E-state index contributed by atoms with van der Waals surface area (Å²) in [5.74, 6) is 1.79. The van der Waals surface area contributed by atoms with Crippen LogP contribution < -0.4 is 5.32 Å². The standard InChI is InChI=1S/C19H29N3O3/c1-13(2)16-11-21(8-9-22-7-4-5-18(22)23)12-17(16)20-19(24)15-6-10-25-14(15)3/h6,10,13,16-17H,4-5,7-9,11-12H2,1-3H3,(H,20,24)/t16-,17+/m1/s1. The minimum absolute atomic E-state index is 0.0570. The van der Waals surface area contributed by atoms with Crippen LogP contribution in [0.1, 0.15) is 42.8 Å². The monoisotopic (exact) mass is 347 g/mol. The van der Waals surface area contributed by atoms with Gasteiger partial charge in [-0.3, -0.25) is 14.5 Å². The first-order valence-electron chi connectivity index (χ1n) is 9.30.